The van der Waals surface area contributed by atoms with Crippen molar-refractivity contribution in [2.45, 2.75) is 13.0 Å². The molecular formula is C16H13BrN2O2. The van der Waals surface area contributed by atoms with E-state index >= 15 is 0 Å². The van der Waals surface area contributed by atoms with Gasteiger partial charge in [-0.1, -0.05) is 46.3 Å². The van der Waals surface area contributed by atoms with E-state index in [1.807, 2.05) is 54.6 Å². The van der Waals surface area contributed by atoms with Crippen LogP contribution in [0, 0.1) is 0 Å². The fourth-order valence-electron chi connectivity index (χ4n) is 1.86. The molecule has 0 amide bonds. The van der Waals surface area contributed by atoms with Gasteiger partial charge in [0.05, 0.1) is 6.42 Å². The topological polar surface area (TPSA) is 48.2 Å². The van der Waals surface area contributed by atoms with E-state index < -0.39 is 0 Å². The lowest BCUT2D eigenvalue weighted by Gasteiger charge is -2.02. The van der Waals surface area contributed by atoms with Gasteiger partial charge in [0, 0.05) is 4.47 Å². The van der Waals surface area contributed by atoms with Crippen molar-refractivity contribution in [1.29, 1.82) is 0 Å². The first-order chi connectivity index (χ1) is 10.3. The van der Waals surface area contributed by atoms with Crippen molar-refractivity contribution in [2.75, 3.05) is 0 Å². The van der Waals surface area contributed by atoms with Crippen LogP contribution in [0.4, 0.5) is 0 Å². The van der Waals surface area contributed by atoms with Gasteiger partial charge in [0.25, 0.3) is 5.89 Å². The summed E-state index contributed by atoms with van der Waals surface area (Å²) < 4.78 is 12.2. The Labute approximate surface area is 130 Å². The molecule has 0 saturated heterocycles. The van der Waals surface area contributed by atoms with Crippen LogP contribution in [0.1, 0.15) is 17.3 Å². The van der Waals surface area contributed by atoms with Gasteiger partial charge in [-0.15, -0.1) is 10.2 Å². The largest absolute Gasteiger partial charge is 0.484 e. The third-order valence-electron chi connectivity index (χ3n) is 2.88. The van der Waals surface area contributed by atoms with Gasteiger partial charge in [0.2, 0.25) is 5.89 Å². The molecule has 3 rings (SSSR count). The minimum Gasteiger partial charge on any atom is -0.484 e. The van der Waals surface area contributed by atoms with Crippen molar-refractivity contribution in [3.05, 3.63) is 76.4 Å². The molecule has 1 heterocycles. The highest BCUT2D eigenvalue weighted by Gasteiger charge is 2.07. The number of ether oxygens (including phenoxy) is 1. The minimum atomic E-state index is 0.267. The number of hydrogen-bond acceptors (Lipinski definition) is 4. The smallest absolute Gasteiger partial charge is 0.253 e. The Hall–Kier alpha value is -2.14. The van der Waals surface area contributed by atoms with Crippen molar-refractivity contribution in [3.63, 3.8) is 0 Å². The van der Waals surface area contributed by atoms with Gasteiger partial charge < -0.3 is 9.15 Å². The van der Waals surface area contributed by atoms with E-state index in [-0.39, 0.29) is 6.61 Å². The maximum atomic E-state index is 5.59. The number of aromatic nitrogens is 2. The third-order valence-corrected chi connectivity index (χ3v) is 3.41. The summed E-state index contributed by atoms with van der Waals surface area (Å²) in [6, 6.07) is 17.6. The summed E-state index contributed by atoms with van der Waals surface area (Å²) in [5.41, 5.74) is 1.14. The van der Waals surface area contributed by atoms with E-state index in [2.05, 4.69) is 26.1 Å². The summed E-state index contributed by atoms with van der Waals surface area (Å²) in [5, 5.41) is 8.03. The molecule has 1 aromatic heterocycles. The third kappa shape index (κ3) is 3.92. The summed E-state index contributed by atoms with van der Waals surface area (Å²) >= 11 is 3.38. The fourth-order valence-corrected chi connectivity index (χ4v) is 2.13. The van der Waals surface area contributed by atoms with Crippen LogP contribution in [0.15, 0.2) is 63.5 Å². The average molecular weight is 345 g/mol. The van der Waals surface area contributed by atoms with Crippen LogP contribution < -0.4 is 4.74 Å². The fraction of sp³-hybridized carbons (Fsp3) is 0.125. The van der Waals surface area contributed by atoms with E-state index in [1.165, 1.54) is 0 Å². The predicted molar refractivity (Wildman–Crippen MR) is 82.0 cm³/mol. The Morgan fingerprint density at radius 1 is 0.905 bits per heavy atom. The molecule has 0 unspecified atom stereocenters. The van der Waals surface area contributed by atoms with Crippen molar-refractivity contribution in [1.82, 2.24) is 10.2 Å². The summed E-state index contributed by atoms with van der Waals surface area (Å²) in [6.45, 7) is 0.267. The van der Waals surface area contributed by atoms with Crippen LogP contribution in [0.2, 0.25) is 0 Å². The zero-order chi connectivity index (χ0) is 14.5. The van der Waals surface area contributed by atoms with Gasteiger partial charge in [-0.25, -0.2) is 0 Å². The summed E-state index contributed by atoms with van der Waals surface area (Å²) in [5.74, 6) is 1.83. The van der Waals surface area contributed by atoms with E-state index in [1.54, 1.807) is 0 Å². The Kier molecular flexibility index (Phi) is 4.31. The number of rotatable bonds is 5. The van der Waals surface area contributed by atoms with Crippen LogP contribution in [0.3, 0.4) is 0 Å². The summed E-state index contributed by atoms with van der Waals surface area (Å²) in [6.07, 6.45) is 0.631. The molecule has 0 aliphatic carbocycles. The Bertz CT molecular complexity index is 696. The van der Waals surface area contributed by atoms with Crippen LogP contribution in [-0.2, 0) is 13.0 Å². The van der Waals surface area contributed by atoms with Crippen LogP contribution >= 0.6 is 15.9 Å². The standard InChI is InChI=1S/C16H13BrN2O2/c17-13-6-8-14(9-7-13)20-11-16-19-18-15(21-16)10-12-4-2-1-3-5-12/h1-9H,10-11H2. The molecule has 0 N–H and O–H groups in total. The van der Waals surface area contributed by atoms with E-state index in [9.17, 15) is 0 Å². The maximum absolute atomic E-state index is 5.59. The van der Waals surface area contributed by atoms with E-state index in [0.29, 0.717) is 18.2 Å². The zero-order valence-electron chi connectivity index (χ0n) is 11.2. The van der Waals surface area contributed by atoms with Crippen molar-refractivity contribution < 1.29 is 9.15 Å². The highest BCUT2D eigenvalue weighted by atomic mass is 79.9. The summed E-state index contributed by atoms with van der Waals surface area (Å²) in [7, 11) is 0. The monoisotopic (exact) mass is 344 g/mol. The molecule has 0 aliphatic rings. The number of halogens is 1. The second-order valence-electron chi connectivity index (χ2n) is 4.49. The van der Waals surface area contributed by atoms with Crippen LogP contribution in [0.25, 0.3) is 0 Å². The lowest BCUT2D eigenvalue weighted by Crippen LogP contribution is -1.95. The molecule has 0 spiro atoms. The zero-order valence-corrected chi connectivity index (χ0v) is 12.8. The SMILES string of the molecule is Brc1ccc(OCc2nnc(Cc3ccccc3)o2)cc1. The first-order valence-electron chi connectivity index (χ1n) is 6.53. The molecule has 21 heavy (non-hydrogen) atoms. The molecule has 0 saturated carbocycles. The maximum Gasteiger partial charge on any atom is 0.253 e. The first kappa shape index (κ1) is 13.8. The number of benzene rings is 2. The van der Waals surface area contributed by atoms with Crippen LogP contribution in [-0.4, -0.2) is 10.2 Å². The van der Waals surface area contributed by atoms with Crippen molar-refractivity contribution in [3.8, 4) is 5.75 Å². The molecular weight excluding hydrogens is 332 g/mol. The van der Waals surface area contributed by atoms with Crippen molar-refractivity contribution in [2.24, 2.45) is 0 Å². The number of hydrogen-bond donors (Lipinski definition) is 0. The molecule has 0 aliphatic heterocycles. The number of nitrogens with zero attached hydrogens (tertiary/aromatic N) is 2. The molecule has 0 fully saturated rings. The molecule has 5 heteroatoms. The normalized spacial score (nSPS) is 10.5. The van der Waals surface area contributed by atoms with E-state index in [4.69, 9.17) is 9.15 Å². The second-order valence-corrected chi connectivity index (χ2v) is 5.41. The summed E-state index contributed by atoms with van der Waals surface area (Å²) in [4.78, 5) is 0. The first-order valence-corrected chi connectivity index (χ1v) is 7.32. The average Bonchev–Trinajstić information content (AvgIpc) is 2.95. The van der Waals surface area contributed by atoms with Gasteiger partial charge in [0.15, 0.2) is 6.61 Å². The Balaban J connectivity index is 1.59. The van der Waals surface area contributed by atoms with Gasteiger partial charge in [-0.3, -0.25) is 0 Å². The van der Waals surface area contributed by atoms with Gasteiger partial charge in [-0.2, -0.15) is 0 Å². The Morgan fingerprint density at radius 3 is 2.38 bits per heavy atom. The highest BCUT2D eigenvalue weighted by molar-refractivity contribution is 9.10. The molecule has 0 radical (unpaired) electrons. The molecule has 4 nitrogen and oxygen atoms in total. The Morgan fingerprint density at radius 2 is 1.62 bits per heavy atom. The van der Waals surface area contributed by atoms with Crippen molar-refractivity contribution >= 4 is 15.9 Å². The van der Waals surface area contributed by atoms with Crippen LogP contribution in [0.5, 0.6) is 5.75 Å². The lowest BCUT2D eigenvalue weighted by molar-refractivity contribution is 0.259. The molecule has 106 valence electrons. The van der Waals surface area contributed by atoms with Gasteiger partial charge in [-0.05, 0) is 29.8 Å². The quantitative estimate of drug-likeness (QED) is 0.701. The molecule has 2 aromatic carbocycles. The lowest BCUT2D eigenvalue weighted by atomic mass is 10.2. The predicted octanol–water partition coefficient (Wildman–Crippen LogP) is 4.00. The second kappa shape index (κ2) is 6.54. The van der Waals surface area contributed by atoms with Gasteiger partial charge >= 0.3 is 0 Å². The molecule has 3 aromatic rings. The highest BCUT2D eigenvalue weighted by Crippen LogP contribution is 2.17. The van der Waals surface area contributed by atoms with Gasteiger partial charge in [0.1, 0.15) is 5.75 Å². The minimum absolute atomic E-state index is 0.267. The van der Waals surface area contributed by atoms with E-state index in [0.717, 1.165) is 15.8 Å². The molecule has 0 atom stereocenters. The molecule has 0 bridgehead atoms.